The molecule has 0 amide bonds. The number of nitrogens with two attached hydrogens (primary N) is 1. The third-order valence-electron chi connectivity index (χ3n) is 1.50. The Hall–Kier alpha value is -1.51. The molecule has 0 atom stereocenters. The van der Waals surface area contributed by atoms with Gasteiger partial charge in [0.25, 0.3) is 0 Å². The maximum atomic E-state index is 5.48. The van der Waals surface area contributed by atoms with E-state index in [0.717, 1.165) is 10.9 Å². The molecule has 3 heteroatoms. The summed E-state index contributed by atoms with van der Waals surface area (Å²) in [6, 6.07) is 7.81. The van der Waals surface area contributed by atoms with Crippen molar-refractivity contribution in [2.75, 3.05) is 5.84 Å². The van der Waals surface area contributed by atoms with Crippen molar-refractivity contribution >= 4 is 10.9 Å². The lowest BCUT2D eigenvalue weighted by Crippen LogP contribution is -2.08. The molecule has 0 aliphatic rings. The monoisotopic (exact) mass is 133 g/mol. The molecule has 0 bridgehead atoms. The molecule has 3 nitrogen and oxygen atoms in total. The summed E-state index contributed by atoms with van der Waals surface area (Å²) in [5.74, 6) is 5.48. The molecule has 1 aromatic carbocycles. The molecule has 0 fully saturated rings. The van der Waals surface area contributed by atoms with E-state index in [-0.39, 0.29) is 0 Å². The predicted molar refractivity (Wildman–Crippen MR) is 39.9 cm³/mol. The minimum atomic E-state index is 0.961. The van der Waals surface area contributed by atoms with Crippen LogP contribution in [0.1, 0.15) is 0 Å². The summed E-state index contributed by atoms with van der Waals surface area (Å²) in [7, 11) is 0. The second-order valence-electron chi connectivity index (χ2n) is 2.15. The molecule has 0 radical (unpaired) electrons. The molecule has 0 aliphatic carbocycles. The zero-order valence-corrected chi connectivity index (χ0v) is 5.36. The average Bonchev–Trinajstić information content (AvgIpc) is 2.34. The Morgan fingerprint density at radius 1 is 1.30 bits per heavy atom. The molecule has 50 valence electrons. The molecule has 1 aromatic heterocycles. The third-order valence-corrected chi connectivity index (χ3v) is 1.50. The van der Waals surface area contributed by atoms with Gasteiger partial charge in [0, 0.05) is 5.39 Å². The minimum absolute atomic E-state index is 0.961. The van der Waals surface area contributed by atoms with E-state index in [9.17, 15) is 0 Å². The standard InChI is InChI=1S/C7H7N3/c8-10-7-4-2-1-3-6(7)5-9-10/h1-5H,8H2. The Kier molecular flexibility index (Phi) is 0.917. The van der Waals surface area contributed by atoms with Crippen molar-refractivity contribution in [3.63, 3.8) is 0 Å². The predicted octanol–water partition coefficient (Wildman–Crippen LogP) is 0.750. The van der Waals surface area contributed by atoms with Gasteiger partial charge in [-0.25, -0.2) is 0 Å². The third kappa shape index (κ3) is 0.572. The summed E-state index contributed by atoms with van der Waals surface area (Å²) in [4.78, 5) is 1.37. The van der Waals surface area contributed by atoms with Gasteiger partial charge in [0.2, 0.25) is 0 Å². The Morgan fingerprint density at radius 2 is 2.10 bits per heavy atom. The molecule has 2 N–H and O–H groups in total. The van der Waals surface area contributed by atoms with E-state index < -0.39 is 0 Å². The topological polar surface area (TPSA) is 43.8 Å². The van der Waals surface area contributed by atoms with Crippen molar-refractivity contribution in [2.24, 2.45) is 0 Å². The Labute approximate surface area is 58.0 Å². The summed E-state index contributed by atoms with van der Waals surface area (Å²) < 4.78 is 0. The van der Waals surface area contributed by atoms with E-state index in [0.29, 0.717) is 0 Å². The van der Waals surface area contributed by atoms with Crippen LogP contribution in [0.15, 0.2) is 30.5 Å². The number of hydrogen-bond donors (Lipinski definition) is 1. The SMILES string of the molecule is Nn1ncc2ccccc21. The zero-order valence-electron chi connectivity index (χ0n) is 5.36. The quantitative estimate of drug-likeness (QED) is 0.539. The molecule has 2 rings (SSSR count). The van der Waals surface area contributed by atoms with Crippen LogP contribution in [-0.4, -0.2) is 9.89 Å². The van der Waals surface area contributed by atoms with Crippen LogP contribution in [-0.2, 0) is 0 Å². The van der Waals surface area contributed by atoms with Crippen LogP contribution in [0.4, 0.5) is 0 Å². The highest BCUT2D eigenvalue weighted by Crippen LogP contribution is 2.08. The maximum Gasteiger partial charge on any atom is 0.0915 e. The normalized spacial score (nSPS) is 10.4. The van der Waals surface area contributed by atoms with Crippen molar-refractivity contribution in [1.82, 2.24) is 9.89 Å². The lowest BCUT2D eigenvalue weighted by molar-refractivity contribution is 0.863. The average molecular weight is 133 g/mol. The van der Waals surface area contributed by atoms with Crippen LogP contribution in [0, 0.1) is 0 Å². The highest BCUT2D eigenvalue weighted by atomic mass is 15.5. The molecule has 0 unspecified atom stereocenters. The largest absolute Gasteiger partial charge is 0.323 e. The summed E-state index contributed by atoms with van der Waals surface area (Å²) in [5.41, 5.74) is 0.961. The van der Waals surface area contributed by atoms with Gasteiger partial charge in [-0.05, 0) is 6.07 Å². The van der Waals surface area contributed by atoms with E-state index in [1.807, 2.05) is 24.3 Å². The summed E-state index contributed by atoms with van der Waals surface area (Å²) in [6.07, 6.45) is 1.75. The van der Waals surface area contributed by atoms with Gasteiger partial charge in [0.05, 0.1) is 11.7 Å². The van der Waals surface area contributed by atoms with Crippen LogP contribution >= 0.6 is 0 Å². The lowest BCUT2D eigenvalue weighted by Gasteiger charge is -1.90. The Balaban J connectivity index is 2.93. The number of fused-ring (bicyclic) bond motifs is 1. The van der Waals surface area contributed by atoms with Crippen molar-refractivity contribution in [1.29, 1.82) is 0 Å². The summed E-state index contributed by atoms with van der Waals surface area (Å²) in [5, 5.41) is 4.96. The molecule has 10 heavy (non-hydrogen) atoms. The fourth-order valence-corrected chi connectivity index (χ4v) is 0.992. The molecule has 0 spiro atoms. The van der Waals surface area contributed by atoms with E-state index in [1.165, 1.54) is 4.79 Å². The van der Waals surface area contributed by atoms with Gasteiger partial charge in [0.1, 0.15) is 0 Å². The molecular weight excluding hydrogens is 126 g/mol. The highest BCUT2D eigenvalue weighted by molar-refractivity contribution is 5.78. The van der Waals surface area contributed by atoms with E-state index in [4.69, 9.17) is 5.84 Å². The van der Waals surface area contributed by atoms with E-state index >= 15 is 0 Å². The fraction of sp³-hybridized carbons (Fsp3) is 0. The van der Waals surface area contributed by atoms with E-state index in [2.05, 4.69) is 5.10 Å². The first-order valence-corrected chi connectivity index (χ1v) is 3.06. The number of benzene rings is 1. The van der Waals surface area contributed by atoms with Gasteiger partial charge in [-0.1, -0.05) is 18.2 Å². The van der Waals surface area contributed by atoms with Crippen molar-refractivity contribution in [3.8, 4) is 0 Å². The number of hydrogen-bond acceptors (Lipinski definition) is 2. The van der Waals surface area contributed by atoms with Crippen molar-refractivity contribution in [3.05, 3.63) is 30.5 Å². The van der Waals surface area contributed by atoms with Crippen LogP contribution in [0.3, 0.4) is 0 Å². The van der Waals surface area contributed by atoms with Gasteiger partial charge in [-0.15, -0.1) is 0 Å². The smallest absolute Gasteiger partial charge is 0.0915 e. The molecule has 0 saturated heterocycles. The molecule has 2 aromatic rings. The molecule has 0 saturated carbocycles. The van der Waals surface area contributed by atoms with Crippen LogP contribution in [0.5, 0.6) is 0 Å². The highest BCUT2D eigenvalue weighted by Gasteiger charge is 1.94. The van der Waals surface area contributed by atoms with Gasteiger partial charge in [0.15, 0.2) is 0 Å². The second kappa shape index (κ2) is 1.73. The molecule has 1 heterocycles. The number of para-hydroxylation sites is 1. The van der Waals surface area contributed by atoms with Crippen molar-refractivity contribution in [2.45, 2.75) is 0 Å². The zero-order chi connectivity index (χ0) is 6.97. The number of nitrogen functional groups attached to an aromatic ring is 1. The molecule has 0 aliphatic heterocycles. The van der Waals surface area contributed by atoms with Crippen LogP contribution < -0.4 is 5.84 Å². The Bertz CT molecular complexity index is 350. The van der Waals surface area contributed by atoms with Gasteiger partial charge in [-0.3, -0.25) is 0 Å². The van der Waals surface area contributed by atoms with E-state index in [1.54, 1.807) is 6.20 Å². The lowest BCUT2D eigenvalue weighted by atomic mass is 10.3. The maximum absolute atomic E-state index is 5.48. The van der Waals surface area contributed by atoms with Gasteiger partial charge >= 0.3 is 0 Å². The number of rotatable bonds is 0. The number of nitrogens with zero attached hydrogens (tertiary/aromatic N) is 2. The van der Waals surface area contributed by atoms with Crippen LogP contribution in [0.25, 0.3) is 10.9 Å². The first-order chi connectivity index (χ1) is 4.88. The summed E-state index contributed by atoms with van der Waals surface area (Å²) >= 11 is 0. The van der Waals surface area contributed by atoms with Gasteiger partial charge < -0.3 is 5.84 Å². The summed E-state index contributed by atoms with van der Waals surface area (Å²) in [6.45, 7) is 0. The fourth-order valence-electron chi connectivity index (χ4n) is 0.992. The number of aromatic nitrogens is 2. The van der Waals surface area contributed by atoms with Crippen LogP contribution in [0.2, 0.25) is 0 Å². The first-order valence-electron chi connectivity index (χ1n) is 3.06. The minimum Gasteiger partial charge on any atom is -0.323 e. The van der Waals surface area contributed by atoms with Gasteiger partial charge in [-0.2, -0.15) is 9.89 Å². The molecular formula is C7H7N3. The Morgan fingerprint density at radius 3 is 2.90 bits per heavy atom. The first kappa shape index (κ1) is 5.29. The second-order valence-corrected chi connectivity index (χ2v) is 2.15. The van der Waals surface area contributed by atoms with Crippen molar-refractivity contribution < 1.29 is 0 Å².